The Morgan fingerprint density at radius 2 is 1.61 bits per heavy atom. The van der Waals surface area contributed by atoms with E-state index < -0.39 is 0 Å². The fourth-order valence-corrected chi connectivity index (χ4v) is 2.90. The maximum absolute atomic E-state index is 11.8. The van der Waals surface area contributed by atoms with Crippen molar-refractivity contribution in [2.45, 2.75) is 6.04 Å². The first kappa shape index (κ1) is 14.8. The van der Waals surface area contributed by atoms with Gasteiger partial charge in [-0.05, 0) is 34.9 Å². The number of benzene rings is 2. The summed E-state index contributed by atoms with van der Waals surface area (Å²) < 4.78 is 0. The van der Waals surface area contributed by atoms with E-state index in [0.717, 1.165) is 22.3 Å². The van der Waals surface area contributed by atoms with E-state index in [4.69, 9.17) is 0 Å². The Kier molecular flexibility index (Phi) is 3.81. The van der Waals surface area contributed by atoms with Crippen LogP contribution in [0.1, 0.15) is 17.2 Å². The highest BCUT2D eigenvalue weighted by Gasteiger charge is 2.31. The van der Waals surface area contributed by atoms with Gasteiger partial charge in [-0.3, -0.25) is 9.59 Å². The maximum atomic E-state index is 11.8. The maximum Gasteiger partial charge on any atom is 0.247 e. The summed E-state index contributed by atoms with van der Waals surface area (Å²) in [5.74, 6) is -0.550. The Morgan fingerprint density at radius 1 is 0.913 bits per heavy atom. The molecule has 0 aliphatic heterocycles. The van der Waals surface area contributed by atoms with E-state index in [9.17, 15) is 9.59 Å². The number of hydrogen-bond acceptors (Lipinski definition) is 2. The van der Waals surface area contributed by atoms with Crippen molar-refractivity contribution in [3.05, 3.63) is 78.9 Å². The zero-order valence-corrected chi connectivity index (χ0v) is 12.5. The van der Waals surface area contributed by atoms with Gasteiger partial charge in [0.25, 0.3) is 0 Å². The summed E-state index contributed by atoms with van der Waals surface area (Å²) in [6.45, 7) is 6.98. The van der Waals surface area contributed by atoms with Crippen LogP contribution >= 0.6 is 0 Å². The van der Waals surface area contributed by atoms with Crippen molar-refractivity contribution in [2.75, 3.05) is 5.32 Å². The number of fused-ring (bicyclic) bond motifs is 3. The van der Waals surface area contributed by atoms with Crippen molar-refractivity contribution in [1.29, 1.82) is 0 Å². The quantitative estimate of drug-likeness (QED) is 0.852. The number of carbonyl (C=O) groups excluding carboxylic acids is 2. The third-order valence-electron chi connectivity index (χ3n) is 3.87. The first-order chi connectivity index (χ1) is 11.2. The fourth-order valence-electron chi connectivity index (χ4n) is 2.90. The minimum absolute atomic E-state index is 0.262. The molecule has 0 bridgehead atoms. The van der Waals surface area contributed by atoms with Gasteiger partial charge < -0.3 is 10.6 Å². The number of amides is 2. The lowest BCUT2D eigenvalue weighted by Gasteiger charge is -2.18. The molecule has 2 aromatic carbocycles. The zero-order chi connectivity index (χ0) is 16.4. The van der Waals surface area contributed by atoms with Gasteiger partial charge in [-0.1, -0.05) is 49.6 Å². The standard InChI is InChI=1S/C19H16N2O2/c1-3-16(22)20-15-11-7-10-13-12-8-5-6-9-14(12)19(18(13)15)21-17(23)4-2/h3-11,19H,1-2H2,(H,20,22)(H,21,23). The van der Waals surface area contributed by atoms with Crippen molar-refractivity contribution >= 4 is 17.5 Å². The van der Waals surface area contributed by atoms with Crippen molar-refractivity contribution in [1.82, 2.24) is 5.32 Å². The molecule has 1 unspecified atom stereocenters. The van der Waals surface area contributed by atoms with Crippen molar-refractivity contribution in [2.24, 2.45) is 0 Å². The summed E-state index contributed by atoms with van der Waals surface area (Å²) in [5, 5.41) is 5.75. The van der Waals surface area contributed by atoms with Gasteiger partial charge in [0, 0.05) is 11.3 Å². The molecule has 0 fully saturated rings. The van der Waals surface area contributed by atoms with E-state index >= 15 is 0 Å². The minimum atomic E-state index is -0.326. The monoisotopic (exact) mass is 304 g/mol. The molecule has 2 aromatic rings. The Balaban J connectivity index is 2.15. The number of rotatable bonds is 4. The second-order valence-electron chi connectivity index (χ2n) is 5.19. The van der Waals surface area contributed by atoms with Crippen molar-refractivity contribution < 1.29 is 9.59 Å². The molecule has 2 N–H and O–H groups in total. The van der Waals surface area contributed by atoms with Gasteiger partial charge in [0.05, 0.1) is 6.04 Å². The van der Waals surface area contributed by atoms with Crippen LogP contribution in [0, 0.1) is 0 Å². The highest BCUT2D eigenvalue weighted by molar-refractivity contribution is 6.01. The van der Waals surface area contributed by atoms with E-state index in [1.165, 1.54) is 12.2 Å². The van der Waals surface area contributed by atoms with Crippen LogP contribution in [0.25, 0.3) is 11.1 Å². The number of nitrogens with one attached hydrogen (secondary N) is 2. The van der Waals surface area contributed by atoms with Gasteiger partial charge >= 0.3 is 0 Å². The van der Waals surface area contributed by atoms with Crippen LogP contribution in [0.3, 0.4) is 0 Å². The molecule has 0 heterocycles. The van der Waals surface area contributed by atoms with Crippen molar-refractivity contribution in [3.8, 4) is 11.1 Å². The molecule has 23 heavy (non-hydrogen) atoms. The average Bonchev–Trinajstić information content (AvgIpc) is 2.90. The van der Waals surface area contributed by atoms with E-state index in [-0.39, 0.29) is 17.9 Å². The van der Waals surface area contributed by atoms with Gasteiger partial charge in [-0.15, -0.1) is 0 Å². The smallest absolute Gasteiger partial charge is 0.247 e. The van der Waals surface area contributed by atoms with E-state index in [2.05, 4.69) is 23.8 Å². The van der Waals surface area contributed by atoms with Crippen LogP contribution in [0.15, 0.2) is 67.8 Å². The molecule has 4 nitrogen and oxygen atoms in total. The van der Waals surface area contributed by atoms with Gasteiger partial charge in [0.1, 0.15) is 0 Å². The summed E-state index contributed by atoms with van der Waals surface area (Å²) in [4.78, 5) is 23.6. The lowest BCUT2D eigenvalue weighted by molar-refractivity contribution is -0.117. The van der Waals surface area contributed by atoms with Crippen LogP contribution in [-0.4, -0.2) is 11.8 Å². The molecule has 1 atom stereocenters. The van der Waals surface area contributed by atoms with Crippen LogP contribution in [0.5, 0.6) is 0 Å². The molecule has 1 aliphatic carbocycles. The molecule has 2 amide bonds. The number of carbonyl (C=O) groups is 2. The largest absolute Gasteiger partial charge is 0.342 e. The number of anilines is 1. The minimum Gasteiger partial charge on any atom is -0.342 e. The van der Waals surface area contributed by atoms with Gasteiger partial charge in [-0.2, -0.15) is 0 Å². The van der Waals surface area contributed by atoms with E-state index in [1.54, 1.807) is 0 Å². The second kappa shape index (κ2) is 5.93. The van der Waals surface area contributed by atoms with Crippen molar-refractivity contribution in [3.63, 3.8) is 0 Å². The molecule has 3 rings (SSSR count). The molecule has 4 heteroatoms. The summed E-state index contributed by atoms with van der Waals surface area (Å²) in [5.41, 5.74) is 4.58. The molecule has 0 aromatic heterocycles. The normalized spacial score (nSPS) is 14.3. The zero-order valence-electron chi connectivity index (χ0n) is 12.5. The average molecular weight is 304 g/mol. The molecule has 1 aliphatic rings. The molecule has 0 saturated carbocycles. The highest BCUT2D eigenvalue weighted by Crippen LogP contribution is 2.46. The van der Waals surface area contributed by atoms with E-state index in [0.29, 0.717) is 5.69 Å². The highest BCUT2D eigenvalue weighted by atomic mass is 16.2. The lowest BCUT2D eigenvalue weighted by atomic mass is 10.0. The first-order valence-electron chi connectivity index (χ1n) is 7.24. The Hall–Kier alpha value is -3.14. The van der Waals surface area contributed by atoms with Gasteiger partial charge in [-0.25, -0.2) is 0 Å². The third kappa shape index (κ3) is 2.55. The molecule has 0 saturated heterocycles. The molecule has 0 radical (unpaired) electrons. The van der Waals surface area contributed by atoms with Crippen LogP contribution in [-0.2, 0) is 9.59 Å². The topological polar surface area (TPSA) is 58.2 Å². The lowest BCUT2D eigenvalue weighted by Crippen LogP contribution is -2.27. The Morgan fingerprint density at radius 3 is 2.35 bits per heavy atom. The van der Waals surface area contributed by atoms with Gasteiger partial charge in [0.15, 0.2) is 0 Å². The summed E-state index contributed by atoms with van der Waals surface area (Å²) in [6.07, 6.45) is 2.46. The predicted octanol–water partition coefficient (Wildman–Crippen LogP) is 3.18. The predicted molar refractivity (Wildman–Crippen MR) is 90.9 cm³/mol. The Bertz CT molecular complexity index is 824. The number of hydrogen-bond donors (Lipinski definition) is 2. The van der Waals surface area contributed by atoms with Crippen LogP contribution in [0.2, 0.25) is 0 Å². The SMILES string of the molecule is C=CC(=O)Nc1cccc2c1C(NC(=O)C=C)c1ccccc1-2. The van der Waals surface area contributed by atoms with Gasteiger partial charge in [0.2, 0.25) is 11.8 Å². The summed E-state index contributed by atoms with van der Waals surface area (Å²) in [6, 6.07) is 13.2. The summed E-state index contributed by atoms with van der Waals surface area (Å²) in [7, 11) is 0. The van der Waals surface area contributed by atoms with Crippen LogP contribution in [0.4, 0.5) is 5.69 Å². The second-order valence-corrected chi connectivity index (χ2v) is 5.19. The summed E-state index contributed by atoms with van der Waals surface area (Å²) >= 11 is 0. The van der Waals surface area contributed by atoms with Crippen LogP contribution < -0.4 is 10.6 Å². The molecular weight excluding hydrogens is 288 g/mol. The Labute approximate surface area is 134 Å². The third-order valence-corrected chi connectivity index (χ3v) is 3.87. The molecule has 114 valence electrons. The first-order valence-corrected chi connectivity index (χ1v) is 7.24. The molecule has 0 spiro atoms. The molecular formula is C19H16N2O2. The van der Waals surface area contributed by atoms with E-state index in [1.807, 2.05) is 42.5 Å². The fraction of sp³-hybridized carbons (Fsp3) is 0.0526.